The second-order valence-corrected chi connectivity index (χ2v) is 7.77. The number of allylic oxidation sites excluding steroid dienone is 1. The molecule has 1 unspecified atom stereocenters. The molecule has 1 atom stereocenters. The highest BCUT2D eigenvalue weighted by Crippen LogP contribution is 2.24. The predicted molar refractivity (Wildman–Crippen MR) is 118 cm³/mol. The van der Waals surface area contributed by atoms with E-state index >= 15 is 0 Å². The largest absolute Gasteiger partial charge is 0.497 e. The highest BCUT2D eigenvalue weighted by atomic mass is 16.5. The van der Waals surface area contributed by atoms with Crippen molar-refractivity contribution < 1.29 is 18.7 Å². The van der Waals surface area contributed by atoms with Crippen LogP contribution in [-0.2, 0) is 6.54 Å². The van der Waals surface area contributed by atoms with Crippen molar-refractivity contribution in [3.63, 3.8) is 0 Å². The van der Waals surface area contributed by atoms with Crippen LogP contribution in [0.25, 0.3) is 11.1 Å². The van der Waals surface area contributed by atoms with Gasteiger partial charge in [-0.15, -0.1) is 6.58 Å². The average Bonchev–Trinajstić information content (AvgIpc) is 3.38. The van der Waals surface area contributed by atoms with Gasteiger partial charge in [0.1, 0.15) is 11.4 Å². The summed E-state index contributed by atoms with van der Waals surface area (Å²) >= 11 is 0. The van der Waals surface area contributed by atoms with Crippen LogP contribution in [0.4, 0.5) is 0 Å². The molecule has 0 saturated carbocycles. The Morgan fingerprint density at radius 2 is 1.97 bits per heavy atom. The summed E-state index contributed by atoms with van der Waals surface area (Å²) in [7, 11) is 1.60. The molecule has 7 heteroatoms. The number of methoxy groups -OCH3 is 1. The molecule has 3 aromatic rings. The van der Waals surface area contributed by atoms with Crippen molar-refractivity contribution >= 4 is 22.9 Å². The zero-order chi connectivity index (χ0) is 22.0. The number of aryl methyl sites for hydroxylation is 1. The van der Waals surface area contributed by atoms with Gasteiger partial charge in [0, 0.05) is 43.2 Å². The van der Waals surface area contributed by atoms with Crippen LogP contribution in [0.5, 0.6) is 5.75 Å². The van der Waals surface area contributed by atoms with Crippen molar-refractivity contribution in [3.8, 4) is 5.75 Å². The van der Waals surface area contributed by atoms with Crippen molar-refractivity contribution in [1.82, 2.24) is 14.4 Å². The zero-order valence-electron chi connectivity index (χ0n) is 17.9. The van der Waals surface area contributed by atoms with Crippen LogP contribution in [-0.4, -0.2) is 59.0 Å². The molecule has 2 amide bonds. The number of amides is 2. The summed E-state index contributed by atoms with van der Waals surface area (Å²) < 4.78 is 12.7. The van der Waals surface area contributed by atoms with E-state index in [2.05, 4.69) is 6.58 Å². The number of piperazine rings is 1. The first kappa shape index (κ1) is 20.8. The molecule has 0 spiro atoms. The van der Waals surface area contributed by atoms with E-state index in [1.54, 1.807) is 37.6 Å². The van der Waals surface area contributed by atoms with E-state index in [1.807, 2.05) is 39.5 Å². The number of aromatic nitrogens is 1. The Hall–Kier alpha value is -3.48. The fourth-order valence-electron chi connectivity index (χ4n) is 4.10. The lowest BCUT2D eigenvalue weighted by Gasteiger charge is -2.40. The average molecular weight is 421 g/mol. The first-order chi connectivity index (χ1) is 15.0. The van der Waals surface area contributed by atoms with E-state index in [1.165, 1.54) is 0 Å². The Bertz CT molecular complexity index is 1100. The van der Waals surface area contributed by atoms with Gasteiger partial charge in [-0.25, -0.2) is 0 Å². The van der Waals surface area contributed by atoms with E-state index < -0.39 is 0 Å². The van der Waals surface area contributed by atoms with Gasteiger partial charge < -0.3 is 23.5 Å². The summed E-state index contributed by atoms with van der Waals surface area (Å²) in [5.74, 6) is 0.637. The number of carbonyl (C=O) groups excluding carboxylic acids is 2. The number of ether oxygens (including phenoxy) is 1. The third kappa shape index (κ3) is 3.95. The van der Waals surface area contributed by atoms with Gasteiger partial charge in [0.15, 0.2) is 0 Å². The fraction of sp³-hybridized carbons (Fsp3) is 0.333. The molecule has 1 aliphatic rings. The Labute approximate surface area is 181 Å². The van der Waals surface area contributed by atoms with Crippen LogP contribution in [0.1, 0.15) is 34.2 Å². The number of furan rings is 1. The van der Waals surface area contributed by atoms with Crippen molar-refractivity contribution in [3.05, 3.63) is 66.6 Å². The minimum absolute atomic E-state index is 0.0332. The minimum atomic E-state index is -0.0909. The van der Waals surface area contributed by atoms with Gasteiger partial charge in [0.2, 0.25) is 5.71 Å². The van der Waals surface area contributed by atoms with Gasteiger partial charge in [-0.2, -0.15) is 0 Å². The molecule has 0 radical (unpaired) electrons. The normalized spacial score (nSPS) is 16.5. The minimum Gasteiger partial charge on any atom is -0.497 e. The number of benzene rings is 1. The van der Waals surface area contributed by atoms with Crippen LogP contribution >= 0.6 is 0 Å². The number of hydrogen-bond donors (Lipinski definition) is 0. The van der Waals surface area contributed by atoms with Crippen LogP contribution in [0.3, 0.4) is 0 Å². The van der Waals surface area contributed by atoms with Crippen molar-refractivity contribution in [1.29, 1.82) is 0 Å². The summed E-state index contributed by atoms with van der Waals surface area (Å²) in [4.78, 5) is 29.9. The SMILES string of the molecule is C=CCCn1c(C(=O)N2CCN(C(=O)c3ccc(OC)cc3)C(C)C2)cc2ccoc21. The summed E-state index contributed by atoms with van der Waals surface area (Å²) in [6.45, 7) is 7.84. The van der Waals surface area contributed by atoms with Gasteiger partial charge in [-0.3, -0.25) is 9.59 Å². The molecule has 0 N–H and O–H groups in total. The van der Waals surface area contributed by atoms with Crippen molar-refractivity contribution in [2.45, 2.75) is 25.9 Å². The predicted octanol–water partition coefficient (Wildman–Crippen LogP) is 3.81. The number of hydrogen-bond acceptors (Lipinski definition) is 4. The summed E-state index contributed by atoms with van der Waals surface area (Å²) in [6, 6.07) is 10.8. The molecule has 162 valence electrons. The molecule has 1 aromatic carbocycles. The summed E-state index contributed by atoms with van der Waals surface area (Å²) in [5.41, 5.74) is 1.93. The van der Waals surface area contributed by atoms with Crippen LogP contribution < -0.4 is 4.74 Å². The first-order valence-electron chi connectivity index (χ1n) is 10.5. The standard InChI is InChI=1S/C24H27N3O4/c1-4-5-11-27-21(15-19-10-14-31-24(19)27)23(29)25-12-13-26(17(2)16-25)22(28)18-6-8-20(30-3)9-7-18/h4,6-10,14-15,17H,1,5,11-13,16H2,2-3H3. The molecule has 0 bridgehead atoms. The van der Waals surface area contributed by atoms with E-state index in [-0.39, 0.29) is 17.9 Å². The Balaban J connectivity index is 1.49. The monoisotopic (exact) mass is 421 g/mol. The maximum absolute atomic E-state index is 13.3. The summed E-state index contributed by atoms with van der Waals surface area (Å²) in [5, 5.41) is 0.911. The third-order valence-electron chi connectivity index (χ3n) is 5.79. The van der Waals surface area contributed by atoms with Gasteiger partial charge in [0.05, 0.1) is 13.4 Å². The Morgan fingerprint density at radius 1 is 1.19 bits per heavy atom. The van der Waals surface area contributed by atoms with Crippen LogP contribution in [0.2, 0.25) is 0 Å². The van der Waals surface area contributed by atoms with Gasteiger partial charge >= 0.3 is 0 Å². The lowest BCUT2D eigenvalue weighted by molar-refractivity contribution is 0.0409. The Kier molecular flexibility index (Phi) is 5.84. The molecule has 3 heterocycles. The second kappa shape index (κ2) is 8.71. The van der Waals surface area contributed by atoms with Crippen LogP contribution in [0.15, 0.2) is 59.7 Å². The van der Waals surface area contributed by atoms with Gasteiger partial charge in [0.25, 0.3) is 11.8 Å². The Morgan fingerprint density at radius 3 is 2.65 bits per heavy atom. The topological polar surface area (TPSA) is 67.9 Å². The molecular weight excluding hydrogens is 394 g/mol. The second-order valence-electron chi connectivity index (χ2n) is 7.77. The highest BCUT2D eigenvalue weighted by Gasteiger charge is 2.32. The van der Waals surface area contributed by atoms with Crippen LogP contribution in [0, 0.1) is 0 Å². The van der Waals surface area contributed by atoms with E-state index in [4.69, 9.17) is 9.15 Å². The van der Waals surface area contributed by atoms with Crippen molar-refractivity contribution in [2.24, 2.45) is 0 Å². The number of rotatable bonds is 6. The molecule has 1 aliphatic heterocycles. The summed E-state index contributed by atoms with van der Waals surface area (Å²) in [6.07, 6.45) is 4.20. The molecule has 2 aromatic heterocycles. The molecule has 7 nitrogen and oxygen atoms in total. The van der Waals surface area contributed by atoms with Crippen molar-refractivity contribution in [2.75, 3.05) is 26.7 Å². The molecule has 0 aliphatic carbocycles. The molecule has 31 heavy (non-hydrogen) atoms. The maximum Gasteiger partial charge on any atom is 0.270 e. The lowest BCUT2D eigenvalue weighted by Crippen LogP contribution is -2.55. The number of carbonyl (C=O) groups is 2. The fourth-order valence-corrected chi connectivity index (χ4v) is 4.10. The number of nitrogens with zero attached hydrogens (tertiary/aromatic N) is 3. The smallest absolute Gasteiger partial charge is 0.270 e. The number of fused-ring (bicyclic) bond motifs is 1. The lowest BCUT2D eigenvalue weighted by atomic mass is 10.1. The molecule has 1 saturated heterocycles. The molecular formula is C24H27N3O4. The van der Waals surface area contributed by atoms with E-state index in [0.29, 0.717) is 48.9 Å². The zero-order valence-corrected chi connectivity index (χ0v) is 17.9. The first-order valence-corrected chi connectivity index (χ1v) is 10.5. The molecule has 4 rings (SSSR count). The highest BCUT2D eigenvalue weighted by molar-refractivity contribution is 5.98. The molecule has 1 fully saturated rings. The van der Waals surface area contributed by atoms with Gasteiger partial charge in [-0.05, 0) is 49.7 Å². The quantitative estimate of drug-likeness (QED) is 0.568. The third-order valence-corrected chi connectivity index (χ3v) is 5.79. The van der Waals surface area contributed by atoms with E-state index in [0.717, 1.165) is 11.8 Å². The maximum atomic E-state index is 13.3. The van der Waals surface area contributed by atoms with E-state index in [9.17, 15) is 9.59 Å². The van der Waals surface area contributed by atoms with Gasteiger partial charge in [-0.1, -0.05) is 6.08 Å².